The van der Waals surface area contributed by atoms with Gasteiger partial charge in [0.1, 0.15) is 11.3 Å². The van der Waals surface area contributed by atoms with E-state index >= 15 is 0 Å². The minimum absolute atomic E-state index is 0.153. The molecule has 0 bridgehead atoms. The Balaban J connectivity index is 1.86. The zero-order valence-corrected chi connectivity index (χ0v) is 16.9. The van der Waals surface area contributed by atoms with Crippen LogP contribution in [0, 0.1) is 11.3 Å². The zero-order valence-electron chi connectivity index (χ0n) is 16.0. The third kappa shape index (κ3) is 4.13. The number of hydrogen-bond acceptors (Lipinski definition) is 6. The molecule has 0 radical (unpaired) electrons. The van der Waals surface area contributed by atoms with Crippen molar-refractivity contribution in [1.82, 2.24) is 19.3 Å². The van der Waals surface area contributed by atoms with Crippen molar-refractivity contribution < 1.29 is 8.42 Å². The Kier molecular flexibility index (Phi) is 5.63. The SMILES string of the molecule is CCc1cc(CNS(=O)(=O)CC#N)ccc1N(C)c1cc2c(cn1)ncn2C. The van der Waals surface area contributed by atoms with Gasteiger partial charge in [-0.05, 0) is 23.6 Å². The van der Waals surface area contributed by atoms with Gasteiger partial charge in [-0.1, -0.05) is 19.1 Å². The summed E-state index contributed by atoms with van der Waals surface area (Å²) >= 11 is 0. The van der Waals surface area contributed by atoms with E-state index in [9.17, 15) is 8.42 Å². The average molecular weight is 398 g/mol. The van der Waals surface area contributed by atoms with Crippen LogP contribution in [0.4, 0.5) is 11.5 Å². The van der Waals surface area contributed by atoms with Crippen LogP contribution in [0.3, 0.4) is 0 Å². The van der Waals surface area contributed by atoms with E-state index in [0.717, 1.165) is 40.1 Å². The number of benzene rings is 1. The number of sulfonamides is 1. The number of pyridine rings is 1. The maximum absolute atomic E-state index is 11.7. The number of anilines is 2. The standard InChI is InChI=1S/C19H22N6O2S/c1-4-15-9-14(11-23-28(26,27)8-7-20)5-6-17(15)25(3)19-10-18-16(12-21-19)22-13-24(18)2/h5-6,9-10,12-13,23H,4,8,11H2,1-3H3. The number of aryl methyl sites for hydroxylation is 2. The fourth-order valence-electron chi connectivity index (χ4n) is 3.02. The van der Waals surface area contributed by atoms with E-state index < -0.39 is 15.8 Å². The second kappa shape index (κ2) is 7.96. The van der Waals surface area contributed by atoms with Gasteiger partial charge in [0.15, 0.2) is 5.75 Å². The van der Waals surface area contributed by atoms with Crippen molar-refractivity contribution in [2.75, 3.05) is 17.7 Å². The van der Waals surface area contributed by atoms with Crippen LogP contribution < -0.4 is 9.62 Å². The number of nitrogens with zero attached hydrogens (tertiary/aromatic N) is 5. The van der Waals surface area contributed by atoms with Gasteiger partial charge in [-0.2, -0.15) is 5.26 Å². The van der Waals surface area contributed by atoms with Crippen molar-refractivity contribution >= 4 is 32.6 Å². The second-order valence-corrected chi connectivity index (χ2v) is 8.31. The summed E-state index contributed by atoms with van der Waals surface area (Å²) in [5.74, 6) is 0.254. The van der Waals surface area contributed by atoms with Crippen LogP contribution in [0.15, 0.2) is 36.8 Å². The molecule has 0 atom stereocenters. The molecule has 0 spiro atoms. The highest BCUT2D eigenvalue weighted by molar-refractivity contribution is 7.89. The molecular weight excluding hydrogens is 376 g/mol. The molecule has 9 heteroatoms. The van der Waals surface area contributed by atoms with Gasteiger partial charge in [-0.3, -0.25) is 0 Å². The molecule has 0 saturated heterocycles. The Morgan fingerprint density at radius 2 is 2.07 bits per heavy atom. The first-order valence-corrected chi connectivity index (χ1v) is 10.5. The van der Waals surface area contributed by atoms with Crippen LogP contribution in [0.1, 0.15) is 18.1 Å². The largest absolute Gasteiger partial charge is 0.334 e. The molecule has 0 fully saturated rings. The van der Waals surface area contributed by atoms with E-state index in [0.29, 0.717) is 0 Å². The van der Waals surface area contributed by atoms with E-state index in [4.69, 9.17) is 5.26 Å². The van der Waals surface area contributed by atoms with Crippen molar-refractivity contribution in [2.45, 2.75) is 19.9 Å². The Labute approximate surface area is 164 Å². The number of imidazole rings is 1. The lowest BCUT2D eigenvalue weighted by molar-refractivity contribution is 0.585. The maximum atomic E-state index is 11.7. The van der Waals surface area contributed by atoms with Crippen molar-refractivity contribution in [2.24, 2.45) is 7.05 Å². The fraction of sp³-hybridized carbons (Fsp3) is 0.316. The molecule has 146 valence electrons. The van der Waals surface area contributed by atoms with Gasteiger partial charge in [0.25, 0.3) is 0 Å². The van der Waals surface area contributed by atoms with Crippen molar-refractivity contribution in [3.05, 3.63) is 47.9 Å². The summed E-state index contributed by atoms with van der Waals surface area (Å²) in [6, 6.07) is 9.46. The Morgan fingerprint density at radius 1 is 1.29 bits per heavy atom. The van der Waals surface area contributed by atoms with Gasteiger partial charge >= 0.3 is 0 Å². The van der Waals surface area contributed by atoms with Crippen molar-refractivity contribution in [3.63, 3.8) is 0 Å². The van der Waals surface area contributed by atoms with Gasteiger partial charge in [-0.15, -0.1) is 0 Å². The molecule has 0 unspecified atom stereocenters. The van der Waals surface area contributed by atoms with Gasteiger partial charge in [0.05, 0.1) is 24.1 Å². The predicted molar refractivity (Wildman–Crippen MR) is 109 cm³/mol. The third-order valence-electron chi connectivity index (χ3n) is 4.58. The first kappa shape index (κ1) is 19.8. The van der Waals surface area contributed by atoms with Crippen LogP contribution in [-0.4, -0.2) is 35.8 Å². The smallest absolute Gasteiger partial charge is 0.225 e. The quantitative estimate of drug-likeness (QED) is 0.655. The number of nitriles is 1. The van der Waals surface area contributed by atoms with Crippen LogP contribution in [0.5, 0.6) is 0 Å². The second-order valence-electron chi connectivity index (χ2n) is 6.50. The van der Waals surface area contributed by atoms with Crippen LogP contribution >= 0.6 is 0 Å². The summed E-state index contributed by atoms with van der Waals surface area (Å²) in [5, 5.41) is 8.57. The molecule has 8 nitrogen and oxygen atoms in total. The molecule has 0 saturated carbocycles. The highest BCUT2D eigenvalue weighted by Gasteiger charge is 2.14. The Morgan fingerprint density at radius 3 is 2.79 bits per heavy atom. The minimum Gasteiger partial charge on any atom is -0.334 e. The molecule has 3 aromatic rings. The normalized spacial score (nSPS) is 11.5. The molecule has 0 aliphatic carbocycles. The summed E-state index contributed by atoms with van der Waals surface area (Å²) < 4.78 is 27.7. The average Bonchev–Trinajstić information content (AvgIpc) is 3.06. The lowest BCUT2D eigenvalue weighted by Crippen LogP contribution is -2.25. The summed E-state index contributed by atoms with van der Waals surface area (Å²) in [7, 11) is 0.318. The van der Waals surface area contributed by atoms with Gasteiger partial charge in [0.2, 0.25) is 10.0 Å². The molecule has 1 aromatic carbocycles. The van der Waals surface area contributed by atoms with E-state index in [1.807, 2.05) is 54.8 Å². The lowest BCUT2D eigenvalue weighted by atomic mass is 10.1. The van der Waals surface area contributed by atoms with E-state index in [2.05, 4.69) is 14.7 Å². The number of aromatic nitrogens is 3. The summed E-state index contributed by atoms with van der Waals surface area (Å²) in [6.07, 6.45) is 4.30. The highest BCUT2D eigenvalue weighted by Crippen LogP contribution is 2.28. The van der Waals surface area contributed by atoms with Crippen LogP contribution in [0.25, 0.3) is 11.0 Å². The predicted octanol–water partition coefficient (Wildman–Crippen LogP) is 2.24. The third-order valence-corrected chi connectivity index (χ3v) is 5.67. The topological polar surface area (TPSA) is 104 Å². The molecule has 28 heavy (non-hydrogen) atoms. The fourth-order valence-corrected chi connectivity index (χ4v) is 3.67. The van der Waals surface area contributed by atoms with E-state index in [1.165, 1.54) is 0 Å². The molecule has 2 heterocycles. The number of fused-ring (bicyclic) bond motifs is 1. The van der Waals surface area contributed by atoms with E-state index in [-0.39, 0.29) is 6.54 Å². The Hall–Kier alpha value is -2.96. The highest BCUT2D eigenvalue weighted by atomic mass is 32.2. The van der Waals surface area contributed by atoms with Gasteiger partial charge in [0, 0.05) is 32.4 Å². The lowest BCUT2D eigenvalue weighted by Gasteiger charge is -2.22. The minimum atomic E-state index is -3.58. The molecule has 0 amide bonds. The molecular formula is C19H22N6O2S. The van der Waals surface area contributed by atoms with Crippen molar-refractivity contribution in [3.8, 4) is 6.07 Å². The summed E-state index contributed by atoms with van der Waals surface area (Å²) in [5.41, 5.74) is 4.76. The zero-order chi connectivity index (χ0) is 20.3. The van der Waals surface area contributed by atoms with Crippen LogP contribution in [-0.2, 0) is 30.0 Å². The molecule has 3 rings (SSSR count). The molecule has 2 aromatic heterocycles. The first-order valence-electron chi connectivity index (χ1n) is 8.81. The van der Waals surface area contributed by atoms with Crippen molar-refractivity contribution in [1.29, 1.82) is 5.26 Å². The number of nitrogens with one attached hydrogen (secondary N) is 1. The maximum Gasteiger partial charge on any atom is 0.225 e. The monoisotopic (exact) mass is 398 g/mol. The van der Waals surface area contributed by atoms with E-state index in [1.54, 1.807) is 18.6 Å². The first-order chi connectivity index (χ1) is 13.3. The molecule has 0 aliphatic rings. The summed E-state index contributed by atoms with van der Waals surface area (Å²) in [4.78, 5) is 10.8. The number of rotatable bonds is 7. The van der Waals surface area contributed by atoms with Gasteiger partial charge < -0.3 is 9.47 Å². The summed E-state index contributed by atoms with van der Waals surface area (Å²) in [6.45, 7) is 2.20. The Bertz CT molecular complexity index is 1150. The van der Waals surface area contributed by atoms with Crippen LogP contribution in [0.2, 0.25) is 0 Å². The number of hydrogen-bond donors (Lipinski definition) is 1. The molecule has 0 aliphatic heterocycles. The molecule has 1 N–H and O–H groups in total. The van der Waals surface area contributed by atoms with Gasteiger partial charge in [-0.25, -0.2) is 23.1 Å².